The van der Waals surface area contributed by atoms with Gasteiger partial charge in [0.25, 0.3) is 5.91 Å². The van der Waals surface area contributed by atoms with E-state index in [9.17, 15) is 9.18 Å². The second-order valence-electron chi connectivity index (χ2n) is 3.04. The van der Waals surface area contributed by atoms with Crippen molar-refractivity contribution in [2.45, 2.75) is 0 Å². The minimum atomic E-state index is -0.445. The Balaban J connectivity index is 2.91. The van der Waals surface area contributed by atoms with Gasteiger partial charge < -0.3 is 4.90 Å². The molecule has 5 heteroatoms. The van der Waals surface area contributed by atoms with E-state index in [2.05, 4.69) is 15.9 Å². The van der Waals surface area contributed by atoms with Gasteiger partial charge in [0.15, 0.2) is 0 Å². The smallest absolute Gasteiger partial charge is 0.255 e. The van der Waals surface area contributed by atoms with Crippen molar-refractivity contribution in [1.82, 2.24) is 4.90 Å². The Bertz CT molecular complexity index is 372. The molecule has 1 aromatic carbocycles. The number of rotatable bonds is 3. The lowest BCUT2D eigenvalue weighted by atomic mass is 10.2. The predicted octanol–water partition coefficient (Wildman–Crippen LogP) is 2.95. The molecule has 0 N–H and O–H groups in total. The monoisotopic (exact) mass is 293 g/mol. The highest BCUT2D eigenvalue weighted by Gasteiger charge is 2.14. The Morgan fingerprint density at radius 3 is 2.80 bits per heavy atom. The number of halogens is 3. The van der Waals surface area contributed by atoms with Crippen molar-refractivity contribution in [2.75, 3.05) is 18.9 Å². The van der Waals surface area contributed by atoms with Crippen molar-refractivity contribution in [2.24, 2.45) is 0 Å². The van der Waals surface area contributed by atoms with E-state index in [4.69, 9.17) is 11.6 Å². The van der Waals surface area contributed by atoms with Gasteiger partial charge in [0, 0.05) is 18.9 Å². The topological polar surface area (TPSA) is 20.3 Å². The summed E-state index contributed by atoms with van der Waals surface area (Å²) in [5.74, 6) is -0.654. The molecule has 0 fully saturated rings. The maximum atomic E-state index is 12.7. The van der Waals surface area contributed by atoms with Gasteiger partial charge in [-0.15, -0.1) is 0 Å². The van der Waals surface area contributed by atoms with Crippen LogP contribution in [-0.2, 0) is 0 Å². The Morgan fingerprint density at radius 1 is 1.60 bits per heavy atom. The predicted molar refractivity (Wildman–Crippen MR) is 62.2 cm³/mol. The van der Waals surface area contributed by atoms with Crippen LogP contribution in [0.5, 0.6) is 0 Å². The highest BCUT2D eigenvalue weighted by Crippen LogP contribution is 2.18. The van der Waals surface area contributed by atoms with Crippen LogP contribution in [0.4, 0.5) is 4.39 Å². The SMILES string of the molecule is CN(CCBr)C(=O)c1ccc(F)cc1Cl. The zero-order chi connectivity index (χ0) is 11.4. The molecule has 0 aliphatic carbocycles. The lowest BCUT2D eigenvalue weighted by molar-refractivity contribution is 0.0804. The Kier molecular flexibility index (Phi) is 4.54. The minimum absolute atomic E-state index is 0.140. The molecule has 0 radical (unpaired) electrons. The van der Waals surface area contributed by atoms with Crippen molar-refractivity contribution in [3.63, 3.8) is 0 Å². The van der Waals surface area contributed by atoms with Crippen LogP contribution < -0.4 is 0 Å². The molecule has 0 saturated carbocycles. The summed E-state index contributed by atoms with van der Waals surface area (Å²) in [7, 11) is 1.67. The molecule has 0 heterocycles. The van der Waals surface area contributed by atoms with Gasteiger partial charge in [-0.2, -0.15) is 0 Å². The number of alkyl halides is 1. The summed E-state index contributed by atoms with van der Waals surface area (Å²) in [6.45, 7) is 0.576. The quantitative estimate of drug-likeness (QED) is 0.785. The molecule has 0 unspecified atom stereocenters. The lowest BCUT2D eigenvalue weighted by Gasteiger charge is -2.16. The summed E-state index contributed by atoms with van der Waals surface area (Å²) in [4.78, 5) is 13.3. The maximum Gasteiger partial charge on any atom is 0.255 e. The number of hydrogen-bond acceptors (Lipinski definition) is 1. The van der Waals surface area contributed by atoms with Gasteiger partial charge in [0.1, 0.15) is 5.82 Å². The van der Waals surface area contributed by atoms with Crippen LogP contribution in [0.3, 0.4) is 0 Å². The van der Waals surface area contributed by atoms with E-state index in [0.717, 1.165) is 6.07 Å². The second-order valence-corrected chi connectivity index (χ2v) is 4.24. The van der Waals surface area contributed by atoms with Crippen molar-refractivity contribution in [3.8, 4) is 0 Å². The average molecular weight is 295 g/mol. The normalized spacial score (nSPS) is 10.1. The standard InChI is InChI=1S/C10H10BrClFNO/c1-14(5-4-11)10(15)8-3-2-7(13)6-9(8)12/h2-3,6H,4-5H2,1H3. The molecule has 0 aliphatic heterocycles. The van der Waals surface area contributed by atoms with Crippen LogP contribution in [0.2, 0.25) is 5.02 Å². The van der Waals surface area contributed by atoms with Gasteiger partial charge in [-0.25, -0.2) is 4.39 Å². The van der Waals surface area contributed by atoms with Gasteiger partial charge in [-0.3, -0.25) is 4.79 Å². The minimum Gasteiger partial charge on any atom is -0.341 e. The van der Waals surface area contributed by atoms with E-state index in [0.29, 0.717) is 17.4 Å². The van der Waals surface area contributed by atoms with E-state index in [-0.39, 0.29) is 10.9 Å². The van der Waals surface area contributed by atoms with Crippen LogP contribution >= 0.6 is 27.5 Å². The summed E-state index contributed by atoms with van der Waals surface area (Å²) < 4.78 is 12.7. The summed E-state index contributed by atoms with van der Waals surface area (Å²) in [6.07, 6.45) is 0. The Hall–Kier alpha value is -0.610. The van der Waals surface area contributed by atoms with E-state index in [1.807, 2.05) is 0 Å². The molecular formula is C10H10BrClFNO. The van der Waals surface area contributed by atoms with Gasteiger partial charge >= 0.3 is 0 Å². The van der Waals surface area contributed by atoms with Crippen molar-refractivity contribution in [3.05, 3.63) is 34.6 Å². The molecule has 15 heavy (non-hydrogen) atoms. The van der Waals surface area contributed by atoms with E-state index in [1.165, 1.54) is 17.0 Å². The number of amides is 1. The van der Waals surface area contributed by atoms with Gasteiger partial charge in [-0.05, 0) is 18.2 Å². The van der Waals surface area contributed by atoms with Crippen molar-refractivity contribution >= 4 is 33.4 Å². The molecule has 0 saturated heterocycles. The Labute approximate surface area is 101 Å². The lowest BCUT2D eigenvalue weighted by Crippen LogP contribution is -2.28. The third-order valence-electron chi connectivity index (χ3n) is 1.93. The fourth-order valence-electron chi connectivity index (χ4n) is 1.10. The molecule has 1 amide bonds. The summed E-state index contributed by atoms with van der Waals surface area (Å²) in [5, 5.41) is 0.829. The third kappa shape index (κ3) is 3.18. The number of nitrogens with zero attached hydrogens (tertiary/aromatic N) is 1. The number of benzene rings is 1. The van der Waals surface area contributed by atoms with Gasteiger partial charge in [-0.1, -0.05) is 27.5 Å². The maximum absolute atomic E-state index is 12.7. The first-order valence-corrected chi connectivity index (χ1v) is 5.82. The molecule has 2 nitrogen and oxygen atoms in total. The molecule has 0 spiro atoms. The van der Waals surface area contributed by atoms with Gasteiger partial charge in [0.05, 0.1) is 10.6 Å². The third-order valence-corrected chi connectivity index (χ3v) is 2.60. The fourth-order valence-corrected chi connectivity index (χ4v) is 1.88. The number of carbonyl (C=O) groups is 1. The first kappa shape index (κ1) is 12.5. The zero-order valence-electron chi connectivity index (χ0n) is 8.14. The first-order valence-electron chi connectivity index (χ1n) is 4.32. The van der Waals surface area contributed by atoms with Crippen LogP contribution in [0.15, 0.2) is 18.2 Å². The van der Waals surface area contributed by atoms with Crippen molar-refractivity contribution < 1.29 is 9.18 Å². The Morgan fingerprint density at radius 2 is 2.27 bits per heavy atom. The highest BCUT2D eigenvalue weighted by atomic mass is 79.9. The first-order chi connectivity index (χ1) is 7.06. The largest absolute Gasteiger partial charge is 0.341 e. The molecule has 0 aliphatic rings. The highest BCUT2D eigenvalue weighted by molar-refractivity contribution is 9.09. The zero-order valence-corrected chi connectivity index (χ0v) is 10.5. The molecule has 1 aromatic rings. The summed E-state index contributed by atoms with van der Waals surface area (Å²) in [6, 6.07) is 3.75. The molecule has 0 bridgehead atoms. The summed E-state index contributed by atoms with van der Waals surface area (Å²) in [5.41, 5.74) is 0.321. The fraction of sp³-hybridized carbons (Fsp3) is 0.300. The van der Waals surface area contributed by atoms with E-state index in [1.54, 1.807) is 7.05 Å². The second kappa shape index (κ2) is 5.47. The van der Waals surface area contributed by atoms with Gasteiger partial charge in [0.2, 0.25) is 0 Å². The molecule has 0 aromatic heterocycles. The van der Waals surface area contributed by atoms with E-state index < -0.39 is 5.82 Å². The van der Waals surface area contributed by atoms with Crippen LogP contribution in [0.25, 0.3) is 0 Å². The molecule has 82 valence electrons. The molecule has 1 rings (SSSR count). The van der Waals surface area contributed by atoms with Crippen LogP contribution in [0.1, 0.15) is 10.4 Å². The average Bonchev–Trinajstić information content (AvgIpc) is 2.17. The number of hydrogen-bond donors (Lipinski definition) is 0. The number of carbonyl (C=O) groups excluding carboxylic acids is 1. The van der Waals surface area contributed by atoms with Crippen LogP contribution in [0, 0.1) is 5.82 Å². The van der Waals surface area contributed by atoms with Crippen LogP contribution in [-0.4, -0.2) is 29.7 Å². The summed E-state index contributed by atoms with van der Waals surface area (Å²) >= 11 is 9.00. The van der Waals surface area contributed by atoms with Crippen molar-refractivity contribution in [1.29, 1.82) is 0 Å². The molecular weight excluding hydrogens is 284 g/mol. The van der Waals surface area contributed by atoms with E-state index >= 15 is 0 Å². The molecule has 0 atom stereocenters.